The molecule has 0 unspecified atom stereocenters. The van der Waals surface area contributed by atoms with E-state index in [0.717, 1.165) is 17.6 Å². The molecule has 3 aromatic heterocycles. The van der Waals surface area contributed by atoms with Crippen molar-refractivity contribution in [1.82, 2.24) is 14.8 Å². The first-order chi connectivity index (χ1) is 15.0. The lowest BCUT2D eigenvalue weighted by molar-refractivity contribution is 0.102. The first-order valence-corrected chi connectivity index (χ1v) is 12.0. The highest BCUT2D eigenvalue weighted by Crippen LogP contribution is 2.30. The van der Waals surface area contributed by atoms with Crippen molar-refractivity contribution in [3.63, 3.8) is 0 Å². The van der Waals surface area contributed by atoms with Gasteiger partial charge in [0.2, 0.25) is 0 Å². The Morgan fingerprint density at radius 3 is 2.38 bits per heavy atom. The van der Waals surface area contributed by atoms with E-state index in [-0.39, 0.29) is 16.8 Å². The topological polar surface area (TPSA) is 107 Å². The third-order valence-electron chi connectivity index (χ3n) is 5.16. The third kappa shape index (κ3) is 4.03. The predicted octanol–water partition coefficient (Wildman–Crippen LogP) is 4.54. The van der Waals surface area contributed by atoms with E-state index in [4.69, 9.17) is 9.40 Å². The minimum Gasteiger partial charge on any atom is -0.466 e. The van der Waals surface area contributed by atoms with Crippen molar-refractivity contribution < 1.29 is 17.6 Å². The molecule has 0 bridgehead atoms. The van der Waals surface area contributed by atoms with Gasteiger partial charge in [0.25, 0.3) is 5.91 Å². The van der Waals surface area contributed by atoms with E-state index in [9.17, 15) is 13.2 Å². The molecule has 1 N–H and O–H groups in total. The van der Waals surface area contributed by atoms with Gasteiger partial charge in [0.1, 0.15) is 11.5 Å². The van der Waals surface area contributed by atoms with Gasteiger partial charge in [0, 0.05) is 23.5 Å². The largest absolute Gasteiger partial charge is 0.466 e. The number of aryl methyl sites for hydroxylation is 2. The van der Waals surface area contributed by atoms with E-state index in [1.807, 2.05) is 33.8 Å². The fourth-order valence-corrected chi connectivity index (χ4v) is 4.22. The van der Waals surface area contributed by atoms with Crippen LogP contribution in [0.5, 0.6) is 0 Å². The third-order valence-corrected chi connectivity index (χ3v) is 6.29. The highest BCUT2D eigenvalue weighted by atomic mass is 32.2. The summed E-state index contributed by atoms with van der Waals surface area (Å²) < 4.78 is 30.8. The zero-order valence-electron chi connectivity index (χ0n) is 18.5. The molecule has 4 aromatic rings. The molecule has 0 fully saturated rings. The van der Waals surface area contributed by atoms with Crippen molar-refractivity contribution in [2.45, 2.75) is 38.6 Å². The molecule has 4 rings (SSSR count). The van der Waals surface area contributed by atoms with Crippen LogP contribution in [0.15, 0.2) is 51.9 Å². The summed E-state index contributed by atoms with van der Waals surface area (Å²) in [6, 6.07) is 9.74. The van der Waals surface area contributed by atoms with Gasteiger partial charge in [-0.25, -0.2) is 18.1 Å². The summed E-state index contributed by atoms with van der Waals surface area (Å²) in [7, 11) is -3.31. The number of hydrogen-bond acceptors (Lipinski definition) is 6. The Labute approximate surface area is 186 Å². The molecular formula is C23H24N4O4S. The second kappa shape index (κ2) is 7.90. The highest BCUT2D eigenvalue weighted by Gasteiger charge is 2.20. The summed E-state index contributed by atoms with van der Waals surface area (Å²) in [6.07, 6.45) is 2.78. The first-order valence-electron chi connectivity index (χ1n) is 10.1. The molecule has 8 nitrogen and oxygen atoms in total. The van der Waals surface area contributed by atoms with Gasteiger partial charge in [0.15, 0.2) is 15.5 Å². The van der Waals surface area contributed by atoms with Crippen molar-refractivity contribution >= 4 is 32.5 Å². The molecule has 0 radical (unpaired) electrons. The molecular weight excluding hydrogens is 428 g/mol. The van der Waals surface area contributed by atoms with Gasteiger partial charge in [0.05, 0.1) is 27.7 Å². The number of furan rings is 1. The van der Waals surface area contributed by atoms with Crippen LogP contribution in [0.25, 0.3) is 22.3 Å². The molecule has 9 heteroatoms. The molecule has 0 aliphatic heterocycles. The van der Waals surface area contributed by atoms with E-state index < -0.39 is 9.84 Å². The SMILES string of the molecule is Cc1cc(-c2cc(C(=O)Nc3ccc(S(C)(=O)=O)cc3)c3cnn(C(C)C)c3n2)c(C)o1. The summed E-state index contributed by atoms with van der Waals surface area (Å²) in [5.41, 5.74) is 2.94. The second-order valence-electron chi connectivity index (χ2n) is 8.05. The number of benzene rings is 1. The van der Waals surface area contributed by atoms with Crippen molar-refractivity contribution in [2.75, 3.05) is 11.6 Å². The van der Waals surface area contributed by atoms with Crippen LogP contribution in [0.1, 0.15) is 41.8 Å². The molecule has 0 spiro atoms. The normalized spacial score (nSPS) is 11.9. The number of nitrogens with zero attached hydrogens (tertiary/aromatic N) is 3. The zero-order chi connectivity index (χ0) is 23.2. The zero-order valence-corrected chi connectivity index (χ0v) is 19.3. The van der Waals surface area contributed by atoms with E-state index in [1.54, 1.807) is 29.1 Å². The summed E-state index contributed by atoms with van der Waals surface area (Å²) >= 11 is 0. The summed E-state index contributed by atoms with van der Waals surface area (Å²) in [5, 5.41) is 7.90. The Morgan fingerprint density at radius 1 is 1.12 bits per heavy atom. The number of hydrogen-bond donors (Lipinski definition) is 1. The lowest BCUT2D eigenvalue weighted by Gasteiger charge is -2.11. The van der Waals surface area contributed by atoms with Crippen molar-refractivity contribution in [1.29, 1.82) is 0 Å². The van der Waals surface area contributed by atoms with Gasteiger partial charge < -0.3 is 9.73 Å². The van der Waals surface area contributed by atoms with Crippen LogP contribution >= 0.6 is 0 Å². The van der Waals surface area contributed by atoms with Crippen LogP contribution < -0.4 is 5.32 Å². The maximum atomic E-state index is 13.2. The molecule has 0 saturated carbocycles. The monoisotopic (exact) mass is 452 g/mol. The molecule has 0 saturated heterocycles. The standard InChI is InChI=1S/C23H24N4O4S/c1-13(2)27-22-20(12-24-27)19(11-21(26-22)18-10-14(3)31-15(18)4)23(28)25-16-6-8-17(9-7-16)32(5,29)30/h6-13H,1-5H3,(H,25,28). The average Bonchev–Trinajstić information content (AvgIpc) is 3.29. The molecule has 3 heterocycles. The van der Waals surface area contributed by atoms with Crippen LogP contribution in [-0.4, -0.2) is 35.3 Å². The number of nitrogens with one attached hydrogen (secondary N) is 1. The fourth-order valence-electron chi connectivity index (χ4n) is 3.59. The number of fused-ring (bicyclic) bond motifs is 1. The maximum absolute atomic E-state index is 13.2. The van der Waals surface area contributed by atoms with Gasteiger partial charge in [-0.2, -0.15) is 5.10 Å². The van der Waals surface area contributed by atoms with Crippen molar-refractivity contribution in [3.8, 4) is 11.3 Å². The van der Waals surface area contributed by atoms with E-state index in [0.29, 0.717) is 33.7 Å². The number of anilines is 1. The van der Waals surface area contributed by atoms with Crippen LogP contribution in [-0.2, 0) is 9.84 Å². The molecule has 0 aliphatic rings. The van der Waals surface area contributed by atoms with Crippen LogP contribution in [0.4, 0.5) is 5.69 Å². The van der Waals surface area contributed by atoms with Crippen LogP contribution in [0.2, 0.25) is 0 Å². The number of carbonyl (C=O) groups is 1. The highest BCUT2D eigenvalue weighted by molar-refractivity contribution is 7.90. The number of aromatic nitrogens is 3. The van der Waals surface area contributed by atoms with Gasteiger partial charge in [-0.05, 0) is 64.1 Å². The molecule has 0 atom stereocenters. The smallest absolute Gasteiger partial charge is 0.256 e. The Kier molecular flexibility index (Phi) is 5.37. The van der Waals surface area contributed by atoms with Gasteiger partial charge in [-0.15, -0.1) is 0 Å². The Bertz CT molecular complexity index is 1430. The van der Waals surface area contributed by atoms with Crippen molar-refractivity contribution in [3.05, 3.63) is 59.7 Å². The minimum absolute atomic E-state index is 0.0573. The Hall–Kier alpha value is -3.46. The lowest BCUT2D eigenvalue weighted by Crippen LogP contribution is -2.13. The van der Waals surface area contributed by atoms with E-state index in [2.05, 4.69) is 10.4 Å². The fraction of sp³-hybridized carbons (Fsp3) is 0.261. The molecule has 0 aliphatic carbocycles. The number of carbonyl (C=O) groups excluding carboxylic acids is 1. The lowest BCUT2D eigenvalue weighted by atomic mass is 10.1. The molecule has 166 valence electrons. The number of sulfone groups is 1. The summed E-state index contributed by atoms with van der Waals surface area (Å²) in [6.45, 7) is 7.71. The molecule has 1 amide bonds. The van der Waals surface area contributed by atoms with Gasteiger partial charge in [-0.3, -0.25) is 4.79 Å². The summed E-state index contributed by atoms with van der Waals surface area (Å²) in [5.74, 6) is 1.13. The van der Waals surface area contributed by atoms with Gasteiger partial charge in [-0.1, -0.05) is 0 Å². The Morgan fingerprint density at radius 2 is 1.81 bits per heavy atom. The molecule has 32 heavy (non-hydrogen) atoms. The number of pyridine rings is 1. The first kappa shape index (κ1) is 21.8. The van der Waals surface area contributed by atoms with Crippen LogP contribution in [0, 0.1) is 13.8 Å². The predicted molar refractivity (Wildman–Crippen MR) is 123 cm³/mol. The minimum atomic E-state index is -3.31. The quantitative estimate of drug-likeness (QED) is 0.476. The summed E-state index contributed by atoms with van der Waals surface area (Å²) in [4.78, 5) is 18.2. The van der Waals surface area contributed by atoms with E-state index in [1.165, 1.54) is 12.1 Å². The van der Waals surface area contributed by atoms with Crippen LogP contribution in [0.3, 0.4) is 0 Å². The maximum Gasteiger partial charge on any atom is 0.256 e. The number of amides is 1. The van der Waals surface area contributed by atoms with E-state index >= 15 is 0 Å². The second-order valence-corrected chi connectivity index (χ2v) is 10.1. The molecule has 1 aromatic carbocycles. The average molecular weight is 453 g/mol. The number of rotatable bonds is 5. The van der Waals surface area contributed by atoms with Gasteiger partial charge >= 0.3 is 0 Å². The Balaban J connectivity index is 1.80. The van der Waals surface area contributed by atoms with Crippen molar-refractivity contribution in [2.24, 2.45) is 0 Å².